The smallest absolute Gasteiger partial charge is 0.335 e. The average Bonchev–Trinajstić information content (AvgIpc) is 2.71. The minimum absolute atomic E-state index is 0.0878. The number of amides is 1. The van der Waals surface area contributed by atoms with Gasteiger partial charge in [-0.15, -0.1) is 0 Å². The maximum Gasteiger partial charge on any atom is 0.335 e. The van der Waals surface area contributed by atoms with E-state index in [2.05, 4.69) is 10.3 Å². The number of nitrogens with one attached hydrogen (secondary N) is 2. The number of carbonyl (C=O) groups excluding carboxylic acids is 1. The Morgan fingerprint density at radius 2 is 2.00 bits per heavy atom. The summed E-state index contributed by atoms with van der Waals surface area (Å²) in [5.74, 6) is -1.50. The zero-order valence-electron chi connectivity index (χ0n) is 10.8. The Labute approximate surface area is 118 Å². The quantitative estimate of drug-likeness (QED) is 0.805. The van der Waals surface area contributed by atoms with Gasteiger partial charge in [-0.2, -0.15) is 0 Å². The van der Waals surface area contributed by atoms with Crippen LogP contribution in [0.3, 0.4) is 0 Å². The monoisotopic (exact) mass is 292 g/mol. The van der Waals surface area contributed by atoms with Gasteiger partial charge >= 0.3 is 10.8 Å². The summed E-state index contributed by atoms with van der Waals surface area (Å²) in [6.45, 7) is 3.39. The Bertz CT molecular complexity index is 745. The molecule has 7 heteroatoms. The third-order valence-electron chi connectivity index (χ3n) is 2.76. The van der Waals surface area contributed by atoms with Gasteiger partial charge in [-0.25, -0.2) is 4.79 Å². The third-order valence-corrected chi connectivity index (χ3v) is 3.75. The number of hydrogen-bond donors (Lipinski definition) is 3. The average molecular weight is 292 g/mol. The number of aromatic amines is 1. The summed E-state index contributed by atoms with van der Waals surface area (Å²) in [4.78, 5) is 36.7. The fourth-order valence-electron chi connectivity index (χ4n) is 1.69. The number of aromatic carboxylic acids is 1. The molecule has 1 aromatic carbocycles. The summed E-state index contributed by atoms with van der Waals surface area (Å²) < 4.78 is 0. The number of rotatable bonds is 3. The van der Waals surface area contributed by atoms with Gasteiger partial charge in [0.2, 0.25) is 0 Å². The van der Waals surface area contributed by atoms with Crippen LogP contribution >= 0.6 is 11.3 Å². The van der Waals surface area contributed by atoms with Gasteiger partial charge in [0.1, 0.15) is 4.88 Å². The second-order valence-corrected chi connectivity index (χ2v) is 5.24. The normalized spacial score (nSPS) is 10.3. The first-order valence-corrected chi connectivity index (χ1v) is 6.55. The van der Waals surface area contributed by atoms with Crippen molar-refractivity contribution < 1.29 is 14.7 Å². The fourth-order valence-corrected chi connectivity index (χ4v) is 2.43. The summed E-state index contributed by atoms with van der Waals surface area (Å²) >= 11 is 0.819. The topological polar surface area (TPSA) is 99.3 Å². The zero-order valence-corrected chi connectivity index (χ0v) is 11.6. The van der Waals surface area contributed by atoms with Crippen molar-refractivity contribution >= 4 is 28.9 Å². The Hall–Kier alpha value is -2.41. The molecule has 20 heavy (non-hydrogen) atoms. The van der Waals surface area contributed by atoms with Crippen molar-refractivity contribution in [1.82, 2.24) is 4.98 Å². The lowest BCUT2D eigenvalue weighted by atomic mass is 10.1. The van der Waals surface area contributed by atoms with Crippen molar-refractivity contribution in [2.45, 2.75) is 13.8 Å². The zero-order chi connectivity index (χ0) is 14.9. The lowest BCUT2D eigenvalue weighted by Crippen LogP contribution is -2.13. The van der Waals surface area contributed by atoms with E-state index in [1.807, 2.05) is 0 Å². The number of benzene rings is 1. The molecule has 0 radical (unpaired) electrons. The van der Waals surface area contributed by atoms with E-state index < -0.39 is 11.9 Å². The number of anilines is 1. The maximum absolute atomic E-state index is 12.1. The molecule has 0 atom stereocenters. The van der Waals surface area contributed by atoms with Crippen molar-refractivity contribution in [3.05, 3.63) is 49.6 Å². The van der Waals surface area contributed by atoms with Crippen LogP contribution in [0.25, 0.3) is 0 Å². The van der Waals surface area contributed by atoms with Crippen LogP contribution in [0.5, 0.6) is 0 Å². The van der Waals surface area contributed by atoms with Gasteiger partial charge in [-0.1, -0.05) is 17.4 Å². The van der Waals surface area contributed by atoms with E-state index in [9.17, 15) is 14.4 Å². The molecule has 1 heterocycles. The van der Waals surface area contributed by atoms with Gasteiger partial charge in [0, 0.05) is 11.4 Å². The van der Waals surface area contributed by atoms with E-state index in [1.165, 1.54) is 12.1 Å². The van der Waals surface area contributed by atoms with Crippen molar-refractivity contribution in [2.24, 2.45) is 0 Å². The Balaban J connectivity index is 2.32. The lowest BCUT2D eigenvalue weighted by molar-refractivity contribution is 0.0696. The summed E-state index contributed by atoms with van der Waals surface area (Å²) in [7, 11) is 0. The molecular weight excluding hydrogens is 280 g/mol. The van der Waals surface area contributed by atoms with Gasteiger partial charge in [-0.3, -0.25) is 9.59 Å². The van der Waals surface area contributed by atoms with Crippen LogP contribution in [-0.2, 0) is 0 Å². The molecule has 0 aliphatic rings. The van der Waals surface area contributed by atoms with E-state index in [1.54, 1.807) is 19.9 Å². The molecule has 1 amide bonds. The first kappa shape index (κ1) is 14.0. The molecule has 0 aliphatic heterocycles. The van der Waals surface area contributed by atoms with Crippen molar-refractivity contribution in [2.75, 3.05) is 5.32 Å². The van der Waals surface area contributed by atoms with E-state index >= 15 is 0 Å². The van der Waals surface area contributed by atoms with Gasteiger partial charge in [0.25, 0.3) is 5.91 Å². The highest BCUT2D eigenvalue weighted by molar-refractivity contribution is 7.11. The largest absolute Gasteiger partial charge is 0.478 e. The second-order valence-electron chi connectivity index (χ2n) is 4.26. The molecule has 0 saturated heterocycles. The molecule has 2 rings (SSSR count). The van der Waals surface area contributed by atoms with E-state index in [-0.39, 0.29) is 15.3 Å². The molecular formula is C13H12N2O4S. The van der Waals surface area contributed by atoms with Crippen molar-refractivity contribution in [1.29, 1.82) is 0 Å². The summed E-state index contributed by atoms with van der Waals surface area (Å²) in [6.07, 6.45) is 0. The van der Waals surface area contributed by atoms with Crippen LogP contribution in [0.2, 0.25) is 0 Å². The van der Waals surface area contributed by atoms with Gasteiger partial charge in [0.15, 0.2) is 0 Å². The number of thiazole rings is 1. The Morgan fingerprint density at radius 1 is 1.30 bits per heavy atom. The van der Waals surface area contributed by atoms with Crippen LogP contribution in [0.4, 0.5) is 5.69 Å². The Kier molecular flexibility index (Phi) is 3.71. The SMILES string of the molecule is Cc1ccc(C(=O)O)cc1NC(=O)c1sc(=O)[nH]c1C. The number of carboxylic acid groups (broad SMARTS) is 1. The number of aromatic nitrogens is 1. The molecule has 3 N–H and O–H groups in total. The summed E-state index contributed by atoms with van der Waals surface area (Å²) in [6, 6.07) is 4.47. The number of hydrogen-bond acceptors (Lipinski definition) is 4. The minimum atomic E-state index is -1.07. The molecule has 0 fully saturated rings. The molecule has 104 valence electrons. The van der Waals surface area contributed by atoms with Crippen LogP contribution in [0, 0.1) is 13.8 Å². The van der Waals surface area contributed by atoms with E-state index in [0.29, 0.717) is 11.4 Å². The van der Waals surface area contributed by atoms with Crippen LogP contribution in [0.1, 0.15) is 31.3 Å². The highest BCUT2D eigenvalue weighted by Gasteiger charge is 2.15. The van der Waals surface area contributed by atoms with E-state index in [4.69, 9.17) is 5.11 Å². The number of carbonyl (C=O) groups is 2. The molecule has 0 aliphatic carbocycles. The molecule has 0 unspecified atom stereocenters. The van der Waals surface area contributed by atoms with Crippen LogP contribution in [-0.4, -0.2) is 22.0 Å². The number of H-pyrrole nitrogens is 1. The fraction of sp³-hybridized carbons (Fsp3) is 0.154. The molecule has 6 nitrogen and oxygen atoms in total. The number of carboxylic acids is 1. The molecule has 0 spiro atoms. The molecule has 1 aromatic heterocycles. The molecule has 0 bridgehead atoms. The third kappa shape index (κ3) is 2.77. The van der Waals surface area contributed by atoms with Gasteiger partial charge < -0.3 is 15.4 Å². The van der Waals surface area contributed by atoms with Gasteiger partial charge in [-0.05, 0) is 31.5 Å². The summed E-state index contributed by atoms with van der Waals surface area (Å²) in [5, 5.41) is 11.6. The maximum atomic E-state index is 12.1. The first-order valence-electron chi connectivity index (χ1n) is 5.73. The minimum Gasteiger partial charge on any atom is -0.478 e. The predicted octanol–water partition coefficient (Wildman–Crippen LogP) is 2.00. The van der Waals surface area contributed by atoms with Crippen LogP contribution < -0.4 is 10.2 Å². The molecule has 2 aromatic rings. The number of aryl methyl sites for hydroxylation is 2. The first-order chi connectivity index (χ1) is 9.38. The second kappa shape index (κ2) is 5.30. The predicted molar refractivity (Wildman–Crippen MR) is 75.8 cm³/mol. The van der Waals surface area contributed by atoms with E-state index in [0.717, 1.165) is 16.9 Å². The standard InChI is InChI=1S/C13H12N2O4S/c1-6-3-4-8(12(17)18)5-9(6)15-11(16)10-7(2)14-13(19)20-10/h3-5H,1-2H3,(H,14,19)(H,15,16)(H,17,18). The Morgan fingerprint density at radius 3 is 2.55 bits per heavy atom. The molecule has 0 saturated carbocycles. The van der Waals surface area contributed by atoms with Crippen LogP contribution in [0.15, 0.2) is 23.0 Å². The van der Waals surface area contributed by atoms with Crippen molar-refractivity contribution in [3.63, 3.8) is 0 Å². The highest BCUT2D eigenvalue weighted by atomic mass is 32.1. The highest BCUT2D eigenvalue weighted by Crippen LogP contribution is 2.19. The van der Waals surface area contributed by atoms with Gasteiger partial charge in [0.05, 0.1) is 5.56 Å². The van der Waals surface area contributed by atoms with Crippen molar-refractivity contribution in [3.8, 4) is 0 Å². The lowest BCUT2D eigenvalue weighted by Gasteiger charge is -2.08. The summed E-state index contributed by atoms with van der Waals surface area (Å²) in [5.41, 5.74) is 1.73.